The summed E-state index contributed by atoms with van der Waals surface area (Å²) in [4.78, 5) is 19.5. The smallest absolute Gasteiger partial charge is 0.467 e. The van der Waals surface area contributed by atoms with E-state index >= 15 is 0 Å². The number of rotatable bonds is 5. The van der Waals surface area contributed by atoms with E-state index in [1.807, 2.05) is 33.8 Å². The van der Waals surface area contributed by atoms with Gasteiger partial charge in [-0.1, -0.05) is 6.08 Å². The highest BCUT2D eigenvalue weighted by atomic mass is 16.7. The van der Waals surface area contributed by atoms with Gasteiger partial charge >= 0.3 is 13.1 Å². The summed E-state index contributed by atoms with van der Waals surface area (Å²) < 4.78 is 17.1. The van der Waals surface area contributed by atoms with Gasteiger partial charge in [-0.25, -0.2) is 9.97 Å². The van der Waals surface area contributed by atoms with E-state index in [9.17, 15) is 4.79 Å². The van der Waals surface area contributed by atoms with E-state index in [1.165, 1.54) is 14.0 Å². The Hall–Kier alpha value is -1.93. The van der Waals surface area contributed by atoms with Crippen molar-refractivity contribution in [3.63, 3.8) is 0 Å². The molecule has 1 aromatic rings. The van der Waals surface area contributed by atoms with Crippen molar-refractivity contribution in [1.29, 1.82) is 0 Å². The minimum absolute atomic E-state index is 0.122. The highest BCUT2D eigenvalue weighted by molar-refractivity contribution is 6.56. The number of nitrogens with zero attached hydrogens (tertiary/aromatic N) is 2. The van der Waals surface area contributed by atoms with Gasteiger partial charge in [0.2, 0.25) is 5.91 Å². The molecule has 7 nitrogen and oxygen atoms in total. The number of carbonyl (C=O) groups is 1. The van der Waals surface area contributed by atoms with Gasteiger partial charge in [-0.2, -0.15) is 0 Å². The molecular weight excluding hydrogens is 309 g/mol. The van der Waals surface area contributed by atoms with Gasteiger partial charge in [0.05, 0.1) is 18.3 Å². The Morgan fingerprint density at radius 2 is 1.79 bits per heavy atom. The first-order valence-corrected chi connectivity index (χ1v) is 7.81. The maximum atomic E-state index is 11.3. The van der Waals surface area contributed by atoms with Gasteiger partial charge in [-0.3, -0.25) is 4.79 Å². The Labute approximate surface area is 142 Å². The van der Waals surface area contributed by atoms with Crippen molar-refractivity contribution in [1.82, 2.24) is 15.3 Å². The number of methoxy groups -OCH3 is 1. The fourth-order valence-corrected chi connectivity index (χ4v) is 2.14. The maximum Gasteiger partial charge on any atom is 0.492 e. The fraction of sp³-hybridized carbons (Fsp3) is 0.562. The third-order valence-electron chi connectivity index (χ3n) is 4.28. The summed E-state index contributed by atoms with van der Waals surface area (Å²) in [6.07, 6.45) is 5.15. The zero-order chi connectivity index (χ0) is 18.0. The molecule has 0 aliphatic carbocycles. The van der Waals surface area contributed by atoms with E-state index in [0.29, 0.717) is 12.6 Å². The van der Waals surface area contributed by atoms with Crippen molar-refractivity contribution in [2.24, 2.45) is 0 Å². The van der Waals surface area contributed by atoms with Gasteiger partial charge in [0, 0.05) is 31.4 Å². The second-order valence-electron chi connectivity index (χ2n) is 6.72. The van der Waals surface area contributed by atoms with Crippen molar-refractivity contribution >= 4 is 19.1 Å². The molecule has 0 bridgehead atoms. The Bertz CT molecular complexity index is 613. The van der Waals surface area contributed by atoms with Crippen LogP contribution in [0.15, 0.2) is 17.9 Å². The van der Waals surface area contributed by atoms with E-state index in [-0.39, 0.29) is 5.91 Å². The van der Waals surface area contributed by atoms with Gasteiger partial charge in [0.25, 0.3) is 0 Å². The van der Waals surface area contributed by atoms with Crippen molar-refractivity contribution in [2.75, 3.05) is 13.7 Å². The molecule has 1 aliphatic heterocycles. The summed E-state index contributed by atoms with van der Waals surface area (Å²) in [6.45, 7) is 9.73. The lowest BCUT2D eigenvalue weighted by atomic mass is 9.77. The molecule has 1 aromatic heterocycles. The molecule has 1 amide bonds. The zero-order valence-electron chi connectivity index (χ0n) is 15.0. The van der Waals surface area contributed by atoms with Crippen LogP contribution in [-0.2, 0) is 14.1 Å². The molecule has 1 fully saturated rings. The number of nitrogens with one attached hydrogen (secondary N) is 1. The van der Waals surface area contributed by atoms with Crippen molar-refractivity contribution in [3.05, 3.63) is 23.4 Å². The minimum atomic E-state index is -0.552. The predicted octanol–water partition coefficient (Wildman–Crippen LogP) is 1.64. The van der Waals surface area contributed by atoms with Crippen LogP contribution in [0.1, 0.15) is 40.2 Å². The Morgan fingerprint density at radius 3 is 2.25 bits per heavy atom. The molecule has 1 saturated heterocycles. The first-order chi connectivity index (χ1) is 11.1. The predicted molar refractivity (Wildman–Crippen MR) is 91.3 cm³/mol. The van der Waals surface area contributed by atoms with E-state index in [4.69, 9.17) is 14.0 Å². The molecule has 0 unspecified atom stereocenters. The third kappa shape index (κ3) is 4.13. The van der Waals surface area contributed by atoms with Crippen LogP contribution in [0.2, 0.25) is 0 Å². The van der Waals surface area contributed by atoms with E-state index in [2.05, 4.69) is 15.3 Å². The summed E-state index contributed by atoms with van der Waals surface area (Å²) in [7, 11) is 0.959. The number of ether oxygens (including phenoxy) is 1. The molecular formula is C16H24BN3O4. The van der Waals surface area contributed by atoms with Crippen molar-refractivity contribution in [2.45, 2.75) is 45.8 Å². The quantitative estimate of drug-likeness (QED) is 0.825. The van der Waals surface area contributed by atoms with Gasteiger partial charge in [0.1, 0.15) is 0 Å². The summed E-state index contributed by atoms with van der Waals surface area (Å²) in [5, 5.41) is 2.79. The number of amides is 1. The van der Waals surface area contributed by atoms with Crippen LogP contribution in [0.25, 0.3) is 6.08 Å². The fourth-order valence-electron chi connectivity index (χ4n) is 2.14. The van der Waals surface area contributed by atoms with Crippen LogP contribution in [0.5, 0.6) is 6.01 Å². The lowest BCUT2D eigenvalue weighted by Crippen LogP contribution is -2.41. The molecule has 0 atom stereocenters. The lowest BCUT2D eigenvalue weighted by Gasteiger charge is -2.32. The Morgan fingerprint density at radius 1 is 1.25 bits per heavy atom. The molecule has 0 saturated carbocycles. The molecule has 2 rings (SSSR count). The normalized spacial score (nSPS) is 19.2. The molecule has 8 heteroatoms. The van der Waals surface area contributed by atoms with Gasteiger partial charge in [-0.15, -0.1) is 0 Å². The summed E-state index contributed by atoms with van der Waals surface area (Å²) in [5.41, 5.74) is 0.649. The Balaban J connectivity index is 2.27. The summed E-state index contributed by atoms with van der Waals surface area (Å²) in [6, 6.07) is 0.297. The maximum absolute atomic E-state index is 11.3. The number of aromatic nitrogens is 2. The molecule has 0 spiro atoms. The lowest BCUT2D eigenvalue weighted by molar-refractivity contribution is -0.118. The highest BCUT2D eigenvalue weighted by Gasteiger charge is 2.52. The largest absolute Gasteiger partial charge is 0.492 e. The van der Waals surface area contributed by atoms with Crippen molar-refractivity contribution < 1.29 is 18.8 Å². The molecule has 1 N–H and O–H groups in total. The van der Waals surface area contributed by atoms with Crippen LogP contribution in [0, 0.1) is 0 Å². The van der Waals surface area contributed by atoms with E-state index in [1.54, 1.807) is 12.4 Å². The number of carbonyl (C=O) groups excluding carboxylic acids is 1. The third-order valence-corrected chi connectivity index (χ3v) is 4.28. The van der Waals surface area contributed by atoms with Crippen LogP contribution < -0.4 is 10.1 Å². The summed E-state index contributed by atoms with van der Waals surface area (Å²) >= 11 is 0. The average molecular weight is 333 g/mol. The first kappa shape index (κ1) is 18.4. The average Bonchev–Trinajstić information content (AvgIpc) is 2.72. The monoisotopic (exact) mass is 333 g/mol. The molecule has 1 aliphatic rings. The SMILES string of the molecule is COc1ncc(C=C(CNC(C)=O)B2OC(C)(C)C(C)(C)O2)cn1. The standard InChI is InChI=1S/C16H24BN3O4/c1-11(21)18-10-13(7-12-8-19-14(22-6)20-9-12)17-23-15(2,3)16(4,5)24-17/h7-9H,10H2,1-6H3,(H,18,21). The zero-order valence-corrected chi connectivity index (χ0v) is 15.0. The van der Waals surface area contributed by atoms with Crippen LogP contribution in [0.3, 0.4) is 0 Å². The molecule has 2 heterocycles. The molecule has 0 radical (unpaired) electrons. The summed E-state index contributed by atoms with van der Waals surface area (Å²) in [5.74, 6) is -0.122. The molecule has 24 heavy (non-hydrogen) atoms. The van der Waals surface area contributed by atoms with Crippen LogP contribution >= 0.6 is 0 Å². The van der Waals surface area contributed by atoms with Gasteiger partial charge in [0.15, 0.2) is 0 Å². The minimum Gasteiger partial charge on any atom is -0.467 e. The van der Waals surface area contributed by atoms with E-state index < -0.39 is 18.3 Å². The van der Waals surface area contributed by atoms with Crippen LogP contribution in [-0.4, -0.2) is 47.9 Å². The van der Waals surface area contributed by atoms with Gasteiger partial charge in [-0.05, 0) is 33.2 Å². The molecule has 0 aromatic carbocycles. The molecule has 130 valence electrons. The highest BCUT2D eigenvalue weighted by Crippen LogP contribution is 2.38. The van der Waals surface area contributed by atoms with Crippen LogP contribution in [0.4, 0.5) is 0 Å². The second kappa shape index (κ2) is 6.90. The van der Waals surface area contributed by atoms with Crippen molar-refractivity contribution in [3.8, 4) is 6.01 Å². The first-order valence-electron chi connectivity index (χ1n) is 7.81. The Kier molecular flexibility index (Phi) is 5.30. The number of hydrogen-bond acceptors (Lipinski definition) is 6. The van der Waals surface area contributed by atoms with E-state index in [0.717, 1.165) is 11.0 Å². The topological polar surface area (TPSA) is 82.6 Å². The van der Waals surface area contributed by atoms with Gasteiger partial charge < -0.3 is 19.4 Å². The second-order valence-corrected chi connectivity index (χ2v) is 6.72. The number of hydrogen-bond donors (Lipinski definition) is 1.